The number of carbonyl (C=O) groups excluding carboxylic acids is 1. The van der Waals surface area contributed by atoms with E-state index in [-0.39, 0.29) is 18.4 Å². The second-order valence-electron chi connectivity index (χ2n) is 5.18. The molecule has 0 spiro atoms. The van der Waals surface area contributed by atoms with Crippen LogP contribution in [0.2, 0.25) is 4.34 Å². The van der Waals surface area contributed by atoms with Crippen LogP contribution in [0, 0.1) is 0 Å². The van der Waals surface area contributed by atoms with Crippen molar-refractivity contribution in [3.63, 3.8) is 0 Å². The molecule has 2 atom stereocenters. The monoisotopic (exact) mass is 332 g/mol. The largest absolute Gasteiger partial charge is 0.390 e. The summed E-state index contributed by atoms with van der Waals surface area (Å²) < 4.78 is 5.94. The molecule has 1 aliphatic heterocycles. The van der Waals surface area contributed by atoms with E-state index in [0.29, 0.717) is 24.1 Å². The van der Waals surface area contributed by atoms with E-state index in [4.69, 9.17) is 16.3 Å². The lowest BCUT2D eigenvalue weighted by Crippen LogP contribution is -2.45. The van der Waals surface area contributed by atoms with Gasteiger partial charge in [0.25, 0.3) is 0 Å². The third-order valence-electron chi connectivity index (χ3n) is 3.50. The zero-order valence-corrected chi connectivity index (χ0v) is 13.6. The summed E-state index contributed by atoms with van der Waals surface area (Å²) >= 11 is 7.28. The average Bonchev–Trinajstić information content (AvgIpc) is 2.91. The maximum atomic E-state index is 12.1. The van der Waals surface area contributed by atoms with Gasteiger partial charge in [0.05, 0.1) is 29.6 Å². The summed E-state index contributed by atoms with van der Waals surface area (Å²) in [5.41, 5.74) is 0. The van der Waals surface area contributed by atoms with Crippen LogP contribution in [0.1, 0.15) is 17.7 Å². The molecule has 1 aromatic heterocycles. The number of nitrogens with one attached hydrogen (secondary N) is 1. The Morgan fingerprint density at radius 1 is 1.52 bits per heavy atom. The summed E-state index contributed by atoms with van der Waals surface area (Å²) in [6.45, 7) is 5.73. The highest BCUT2D eigenvalue weighted by molar-refractivity contribution is 7.16. The van der Waals surface area contributed by atoms with Crippen LogP contribution < -0.4 is 5.32 Å². The van der Waals surface area contributed by atoms with E-state index in [1.807, 2.05) is 13.0 Å². The van der Waals surface area contributed by atoms with Crippen molar-refractivity contribution in [2.45, 2.75) is 18.9 Å². The van der Waals surface area contributed by atoms with Gasteiger partial charge in [0.15, 0.2) is 0 Å². The van der Waals surface area contributed by atoms with Gasteiger partial charge in [-0.05, 0) is 19.1 Å². The third kappa shape index (κ3) is 5.23. The Morgan fingerprint density at radius 3 is 2.86 bits per heavy atom. The molecule has 118 valence electrons. The summed E-state index contributed by atoms with van der Waals surface area (Å²) in [4.78, 5) is 15.1. The molecule has 7 heteroatoms. The molecule has 1 aliphatic rings. The topological polar surface area (TPSA) is 61.8 Å². The van der Waals surface area contributed by atoms with E-state index in [9.17, 15) is 9.90 Å². The molecular formula is C14H21ClN2O3S. The molecule has 0 saturated carbocycles. The molecule has 1 aromatic rings. The van der Waals surface area contributed by atoms with Crippen LogP contribution in [0.3, 0.4) is 0 Å². The molecule has 1 fully saturated rings. The van der Waals surface area contributed by atoms with Crippen LogP contribution in [-0.2, 0) is 9.53 Å². The lowest BCUT2D eigenvalue weighted by molar-refractivity contribution is -0.122. The molecule has 21 heavy (non-hydrogen) atoms. The van der Waals surface area contributed by atoms with Gasteiger partial charge in [0.1, 0.15) is 0 Å². The number of aliphatic hydroxyl groups is 1. The van der Waals surface area contributed by atoms with E-state index in [1.54, 1.807) is 6.07 Å². The van der Waals surface area contributed by atoms with Gasteiger partial charge in [-0.15, -0.1) is 11.3 Å². The number of β-amino-alcohol motifs (C(OH)–C–C–N with tert-alkyl or cyclic N) is 1. The Bertz CT molecular complexity index is 463. The standard InChI is InChI=1S/C14H21ClN2O3S/c1-10(12-2-3-13(15)21-12)14(19)16-8-11(18)9-17-4-6-20-7-5-17/h2-3,10-11,18H,4-9H2,1H3,(H,16,19)/t10-,11+/m0/s1. The van der Waals surface area contributed by atoms with Gasteiger partial charge in [-0.2, -0.15) is 0 Å². The van der Waals surface area contributed by atoms with Crippen molar-refractivity contribution in [3.8, 4) is 0 Å². The zero-order chi connectivity index (χ0) is 15.2. The van der Waals surface area contributed by atoms with Crippen molar-refractivity contribution < 1.29 is 14.6 Å². The van der Waals surface area contributed by atoms with Crippen LogP contribution in [0.5, 0.6) is 0 Å². The minimum atomic E-state index is -0.564. The zero-order valence-electron chi connectivity index (χ0n) is 12.0. The summed E-state index contributed by atoms with van der Waals surface area (Å²) in [6, 6.07) is 3.65. The first-order valence-corrected chi connectivity index (χ1v) is 8.27. The Labute approximate surface area is 133 Å². The van der Waals surface area contributed by atoms with E-state index < -0.39 is 6.10 Å². The molecule has 0 bridgehead atoms. The lowest BCUT2D eigenvalue weighted by Gasteiger charge is -2.28. The van der Waals surface area contributed by atoms with Gasteiger partial charge < -0.3 is 15.2 Å². The fourth-order valence-corrected chi connectivity index (χ4v) is 3.32. The quantitative estimate of drug-likeness (QED) is 0.824. The number of halogens is 1. The second kappa shape index (κ2) is 8.10. The number of aliphatic hydroxyl groups excluding tert-OH is 1. The molecule has 0 aromatic carbocycles. The summed E-state index contributed by atoms with van der Waals surface area (Å²) in [7, 11) is 0. The van der Waals surface area contributed by atoms with Crippen molar-refractivity contribution in [2.75, 3.05) is 39.4 Å². The Morgan fingerprint density at radius 2 is 2.24 bits per heavy atom. The molecule has 0 radical (unpaired) electrons. The normalized spacial score (nSPS) is 19.2. The molecule has 0 aliphatic carbocycles. The smallest absolute Gasteiger partial charge is 0.228 e. The maximum Gasteiger partial charge on any atom is 0.228 e. The van der Waals surface area contributed by atoms with Crippen LogP contribution in [0.25, 0.3) is 0 Å². The number of amides is 1. The number of carbonyl (C=O) groups is 1. The van der Waals surface area contributed by atoms with Gasteiger partial charge in [0.2, 0.25) is 5.91 Å². The van der Waals surface area contributed by atoms with Crippen molar-refractivity contribution in [1.29, 1.82) is 0 Å². The van der Waals surface area contributed by atoms with Crippen molar-refractivity contribution in [3.05, 3.63) is 21.3 Å². The molecule has 0 unspecified atom stereocenters. The first-order valence-electron chi connectivity index (χ1n) is 7.07. The molecule has 1 amide bonds. The van der Waals surface area contributed by atoms with Gasteiger partial charge in [0, 0.05) is 31.1 Å². The minimum absolute atomic E-state index is 0.0884. The Balaban J connectivity index is 1.72. The number of hydrogen-bond donors (Lipinski definition) is 2. The number of hydrogen-bond acceptors (Lipinski definition) is 5. The number of thiophene rings is 1. The van der Waals surface area contributed by atoms with Crippen molar-refractivity contribution >= 4 is 28.8 Å². The van der Waals surface area contributed by atoms with Gasteiger partial charge in [-0.25, -0.2) is 0 Å². The van der Waals surface area contributed by atoms with Crippen molar-refractivity contribution in [1.82, 2.24) is 10.2 Å². The van der Waals surface area contributed by atoms with Crippen molar-refractivity contribution in [2.24, 2.45) is 0 Å². The maximum absolute atomic E-state index is 12.1. The van der Waals surface area contributed by atoms with E-state index in [2.05, 4.69) is 10.2 Å². The van der Waals surface area contributed by atoms with E-state index >= 15 is 0 Å². The number of nitrogens with zero attached hydrogens (tertiary/aromatic N) is 1. The molecule has 2 heterocycles. The second-order valence-corrected chi connectivity index (χ2v) is 6.92. The molecule has 5 nitrogen and oxygen atoms in total. The summed E-state index contributed by atoms with van der Waals surface area (Å²) in [5, 5.41) is 12.8. The SMILES string of the molecule is C[C@H](C(=O)NC[C@@H](O)CN1CCOCC1)c1ccc(Cl)s1. The number of morpholine rings is 1. The third-order valence-corrected chi connectivity index (χ3v) is 4.91. The van der Waals surface area contributed by atoms with Gasteiger partial charge in [-0.1, -0.05) is 11.6 Å². The van der Waals surface area contributed by atoms with Gasteiger partial charge in [-0.3, -0.25) is 9.69 Å². The Kier molecular flexibility index (Phi) is 6.44. The molecule has 2 N–H and O–H groups in total. The van der Waals surface area contributed by atoms with Crippen LogP contribution in [0.15, 0.2) is 12.1 Å². The van der Waals surface area contributed by atoms with Crippen LogP contribution in [0.4, 0.5) is 0 Å². The Hall–Kier alpha value is -0.660. The predicted molar refractivity (Wildman–Crippen MR) is 84.0 cm³/mol. The highest BCUT2D eigenvalue weighted by atomic mass is 35.5. The van der Waals surface area contributed by atoms with E-state index in [0.717, 1.165) is 18.0 Å². The number of ether oxygens (including phenoxy) is 1. The summed E-state index contributed by atoms with van der Waals surface area (Å²) in [5.74, 6) is -0.340. The molecular weight excluding hydrogens is 312 g/mol. The van der Waals surface area contributed by atoms with E-state index in [1.165, 1.54) is 11.3 Å². The predicted octanol–water partition coefficient (Wildman–Crippen LogP) is 1.31. The fraction of sp³-hybridized carbons (Fsp3) is 0.643. The highest BCUT2D eigenvalue weighted by Gasteiger charge is 2.19. The first-order chi connectivity index (χ1) is 10.1. The van der Waals surface area contributed by atoms with Gasteiger partial charge >= 0.3 is 0 Å². The lowest BCUT2D eigenvalue weighted by atomic mass is 10.1. The fourth-order valence-electron chi connectivity index (χ4n) is 2.21. The molecule has 1 saturated heterocycles. The number of rotatable bonds is 6. The summed E-state index contributed by atoms with van der Waals surface area (Å²) in [6.07, 6.45) is -0.564. The highest BCUT2D eigenvalue weighted by Crippen LogP contribution is 2.27. The van der Waals surface area contributed by atoms with Crippen LogP contribution >= 0.6 is 22.9 Å². The first kappa shape index (κ1) is 16.7. The minimum Gasteiger partial charge on any atom is -0.390 e. The average molecular weight is 333 g/mol. The molecule has 2 rings (SSSR count). The van der Waals surface area contributed by atoms with Crippen LogP contribution in [-0.4, -0.2) is 61.4 Å².